The molecule has 0 bridgehead atoms. The summed E-state index contributed by atoms with van der Waals surface area (Å²) in [5.41, 5.74) is 1.45. The molecule has 0 atom stereocenters. The molecule has 0 spiro atoms. The zero-order valence-electron chi connectivity index (χ0n) is 17.1. The molecule has 10 nitrogen and oxygen atoms in total. The van der Waals surface area contributed by atoms with Crippen LogP contribution in [0.15, 0.2) is 0 Å². The minimum atomic E-state index is -4.68. The molecular formula is C17H23F3N6O4S. The second-order valence-electron chi connectivity index (χ2n) is 7.08. The number of sulfonamides is 1. The summed E-state index contributed by atoms with van der Waals surface area (Å²) in [6.07, 6.45) is -4.45. The van der Waals surface area contributed by atoms with Crippen molar-refractivity contribution in [2.45, 2.75) is 32.9 Å². The molecule has 3 heterocycles. The number of halogens is 3. The summed E-state index contributed by atoms with van der Waals surface area (Å²) >= 11 is 0. The van der Waals surface area contributed by atoms with Gasteiger partial charge >= 0.3 is 6.18 Å². The van der Waals surface area contributed by atoms with Crippen LogP contribution in [0.2, 0.25) is 0 Å². The van der Waals surface area contributed by atoms with E-state index in [0.717, 1.165) is 4.52 Å². The summed E-state index contributed by atoms with van der Waals surface area (Å²) in [5, 5.41) is 6.04. The Kier molecular flexibility index (Phi) is 6.81. The first-order valence-corrected chi connectivity index (χ1v) is 11.2. The van der Waals surface area contributed by atoms with Gasteiger partial charge in [0, 0.05) is 37.4 Å². The van der Waals surface area contributed by atoms with Crippen LogP contribution in [-0.2, 0) is 32.2 Å². The minimum Gasteiger partial charge on any atom is -0.379 e. The van der Waals surface area contributed by atoms with Gasteiger partial charge in [-0.3, -0.25) is 4.79 Å². The van der Waals surface area contributed by atoms with Gasteiger partial charge in [0.05, 0.1) is 19.0 Å². The third kappa shape index (κ3) is 5.49. The van der Waals surface area contributed by atoms with E-state index in [0.29, 0.717) is 43.3 Å². The van der Waals surface area contributed by atoms with Crippen LogP contribution in [0, 0.1) is 13.8 Å². The maximum Gasteiger partial charge on any atom is 0.453 e. The van der Waals surface area contributed by atoms with Crippen molar-refractivity contribution in [1.29, 1.82) is 0 Å². The Bertz CT molecular complexity index is 1060. The first kappa shape index (κ1) is 23.3. The minimum absolute atomic E-state index is 0.0211. The molecule has 1 N–H and O–H groups in total. The maximum atomic E-state index is 12.9. The second-order valence-corrected chi connectivity index (χ2v) is 9.17. The molecule has 0 radical (unpaired) electrons. The maximum absolute atomic E-state index is 12.9. The Morgan fingerprint density at radius 1 is 1.19 bits per heavy atom. The van der Waals surface area contributed by atoms with Crippen LogP contribution in [0.1, 0.15) is 29.2 Å². The van der Waals surface area contributed by atoms with Crippen LogP contribution < -0.4 is 5.32 Å². The predicted octanol–water partition coefficient (Wildman–Crippen LogP) is 0.471. The lowest BCUT2D eigenvalue weighted by atomic mass is 10.1. The molecule has 1 aliphatic heterocycles. The van der Waals surface area contributed by atoms with E-state index >= 15 is 0 Å². The van der Waals surface area contributed by atoms with E-state index in [2.05, 4.69) is 20.4 Å². The molecule has 31 heavy (non-hydrogen) atoms. The fourth-order valence-electron chi connectivity index (χ4n) is 3.29. The van der Waals surface area contributed by atoms with Gasteiger partial charge in [-0.25, -0.2) is 17.9 Å². The molecule has 14 heteroatoms. The third-order valence-corrected chi connectivity index (χ3v) is 6.82. The Labute approximate surface area is 176 Å². The first-order valence-electron chi connectivity index (χ1n) is 9.61. The van der Waals surface area contributed by atoms with Crippen molar-refractivity contribution >= 4 is 21.7 Å². The number of alkyl halides is 3. The predicted molar refractivity (Wildman–Crippen MR) is 103 cm³/mol. The van der Waals surface area contributed by atoms with Gasteiger partial charge in [0.1, 0.15) is 0 Å². The number of nitrogens with zero attached hydrogens (tertiary/aromatic N) is 5. The van der Waals surface area contributed by atoms with Crippen LogP contribution in [0.25, 0.3) is 5.78 Å². The highest BCUT2D eigenvalue weighted by Crippen LogP contribution is 2.27. The summed E-state index contributed by atoms with van der Waals surface area (Å²) < 4.78 is 70.6. The quantitative estimate of drug-likeness (QED) is 0.633. The van der Waals surface area contributed by atoms with E-state index in [1.165, 1.54) is 4.31 Å². The lowest BCUT2D eigenvalue weighted by Crippen LogP contribution is -2.43. The zero-order chi connectivity index (χ0) is 22.8. The normalized spacial score (nSPS) is 16.0. The molecule has 0 aliphatic carbocycles. The number of rotatable bonds is 7. The van der Waals surface area contributed by atoms with E-state index in [1.54, 1.807) is 13.8 Å². The fourth-order valence-corrected chi connectivity index (χ4v) is 4.61. The van der Waals surface area contributed by atoms with Crippen LogP contribution >= 0.6 is 0 Å². The molecule has 1 saturated heterocycles. The van der Waals surface area contributed by atoms with Gasteiger partial charge in [0.25, 0.3) is 11.6 Å². The highest BCUT2D eigenvalue weighted by molar-refractivity contribution is 7.89. The fraction of sp³-hybridized carbons (Fsp3) is 0.647. The van der Waals surface area contributed by atoms with Gasteiger partial charge in [0.15, 0.2) is 0 Å². The Morgan fingerprint density at radius 2 is 1.87 bits per heavy atom. The molecule has 2 aromatic heterocycles. The summed E-state index contributed by atoms with van der Waals surface area (Å²) in [6.45, 7) is 4.45. The number of hydrogen-bond acceptors (Lipinski definition) is 7. The van der Waals surface area contributed by atoms with Gasteiger partial charge in [-0.2, -0.15) is 22.5 Å². The van der Waals surface area contributed by atoms with Crippen LogP contribution in [0.3, 0.4) is 0 Å². The zero-order valence-corrected chi connectivity index (χ0v) is 17.9. The van der Waals surface area contributed by atoms with Crippen molar-refractivity contribution in [3.8, 4) is 0 Å². The second kappa shape index (κ2) is 9.04. The Morgan fingerprint density at radius 3 is 2.52 bits per heavy atom. The standard InChI is InChI=1S/C17H23F3N6O4S/c1-11-13(12(2)26-16(22-11)23-15(24-26)17(18,19)20)3-4-14(27)21-5-10-31(28,29)25-6-8-30-9-7-25/h3-10H2,1-2H3,(H,21,27). The van der Waals surface area contributed by atoms with E-state index < -0.39 is 22.0 Å². The monoisotopic (exact) mass is 464 g/mol. The molecule has 1 fully saturated rings. The average molecular weight is 464 g/mol. The highest BCUT2D eigenvalue weighted by atomic mass is 32.2. The lowest BCUT2D eigenvalue weighted by Gasteiger charge is -2.26. The van der Waals surface area contributed by atoms with Crippen LogP contribution in [0.5, 0.6) is 0 Å². The first-order chi connectivity index (χ1) is 14.5. The van der Waals surface area contributed by atoms with Crippen molar-refractivity contribution in [1.82, 2.24) is 29.2 Å². The van der Waals surface area contributed by atoms with Crippen molar-refractivity contribution < 1.29 is 31.1 Å². The molecule has 1 amide bonds. The molecule has 0 saturated carbocycles. The van der Waals surface area contributed by atoms with Gasteiger partial charge in [0.2, 0.25) is 15.9 Å². The van der Waals surface area contributed by atoms with E-state index in [1.807, 2.05) is 0 Å². The average Bonchev–Trinajstić information content (AvgIpc) is 3.13. The summed E-state index contributed by atoms with van der Waals surface area (Å²) in [4.78, 5) is 19.6. The molecule has 0 unspecified atom stereocenters. The van der Waals surface area contributed by atoms with Gasteiger partial charge < -0.3 is 10.1 Å². The largest absolute Gasteiger partial charge is 0.453 e. The highest BCUT2D eigenvalue weighted by Gasteiger charge is 2.37. The van der Waals surface area contributed by atoms with Crippen molar-refractivity contribution in [2.24, 2.45) is 0 Å². The Balaban J connectivity index is 1.58. The SMILES string of the molecule is Cc1nc2nc(C(F)(F)F)nn2c(C)c1CCC(=O)NCCS(=O)(=O)N1CCOCC1. The Hall–Kier alpha value is -2.32. The molecule has 2 aromatic rings. The number of aryl methyl sites for hydroxylation is 2. The van der Waals surface area contributed by atoms with Gasteiger partial charge in [-0.1, -0.05) is 0 Å². The topological polar surface area (TPSA) is 119 Å². The van der Waals surface area contributed by atoms with Crippen LogP contribution in [-0.4, -0.2) is 76.8 Å². The van der Waals surface area contributed by atoms with E-state index in [4.69, 9.17) is 4.74 Å². The van der Waals surface area contributed by atoms with E-state index in [-0.39, 0.29) is 36.8 Å². The van der Waals surface area contributed by atoms with E-state index in [9.17, 15) is 26.4 Å². The number of carbonyl (C=O) groups excluding carboxylic acids is 1. The number of nitrogens with one attached hydrogen (secondary N) is 1. The number of amides is 1. The molecule has 172 valence electrons. The molecular weight excluding hydrogens is 441 g/mol. The van der Waals surface area contributed by atoms with Gasteiger partial charge in [-0.15, -0.1) is 5.10 Å². The van der Waals surface area contributed by atoms with Gasteiger partial charge in [-0.05, 0) is 25.8 Å². The summed E-state index contributed by atoms with van der Waals surface area (Å²) in [7, 11) is -3.48. The summed E-state index contributed by atoms with van der Waals surface area (Å²) in [6, 6.07) is 0. The number of hydrogen-bond donors (Lipinski definition) is 1. The number of fused-ring (bicyclic) bond motifs is 1. The van der Waals surface area contributed by atoms with Crippen LogP contribution in [0.4, 0.5) is 13.2 Å². The number of ether oxygens (including phenoxy) is 1. The number of aromatic nitrogens is 4. The van der Waals surface area contributed by atoms with Crippen molar-refractivity contribution in [2.75, 3.05) is 38.6 Å². The summed E-state index contributed by atoms with van der Waals surface area (Å²) in [5.74, 6) is -2.03. The molecule has 1 aliphatic rings. The smallest absolute Gasteiger partial charge is 0.379 e. The van der Waals surface area contributed by atoms with Crippen molar-refractivity contribution in [3.05, 3.63) is 22.8 Å². The molecule has 3 rings (SSSR count). The number of carbonyl (C=O) groups is 1. The lowest BCUT2D eigenvalue weighted by molar-refractivity contribution is -0.144. The third-order valence-electron chi connectivity index (χ3n) is 4.95. The number of morpholine rings is 1. The molecule has 0 aromatic carbocycles. The van der Waals surface area contributed by atoms with Crippen molar-refractivity contribution in [3.63, 3.8) is 0 Å².